The lowest BCUT2D eigenvalue weighted by atomic mass is 9.89. The number of benzene rings is 2. The molecule has 2 saturated heterocycles. The highest BCUT2D eigenvalue weighted by molar-refractivity contribution is 6.23. The van der Waals surface area contributed by atoms with Crippen molar-refractivity contribution in [2.75, 3.05) is 84.3 Å². The number of piperidine rings is 1. The molecular weight excluding hydrogens is 720 g/mol. The number of nitrogens with zero attached hydrogens (tertiary/aromatic N) is 6. The number of piperazine rings is 1. The van der Waals surface area contributed by atoms with Gasteiger partial charge in [-0.05, 0) is 68.5 Å². The van der Waals surface area contributed by atoms with Crippen LogP contribution in [0.15, 0.2) is 42.7 Å². The normalized spacial score (nSPS) is 21.9. The zero-order valence-corrected chi connectivity index (χ0v) is 31.5. The first-order valence-electron chi connectivity index (χ1n) is 19.5. The number of carbonyl (C=O) groups is 4. The molecule has 1 aliphatic carbocycles. The van der Waals surface area contributed by atoms with Gasteiger partial charge >= 0.3 is 0 Å². The predicted octanol–water partition coefficient (Wildman–Crippen LogP) is 2.37. The monoisotopic (exact) mass is 768 g/mol. The van der Waals surface area contributed by atoms with Gasteiger partial charge in [0.1, 0.15) is 30.5 Å². The first-order valence-corrected chi connectivity index (χ1v) is 19.5. The molecule has 56 heavy (non-hydrogen) atoms. The van der Waals surface area contributed by atoms with E-state index < -0.39 is 29.7 Å². The maximum Gasteiger partial charge on any atom is 0.262 e. The average Bonchev–Trinajstić information content (AvgIpc) is 3.46. The van der Waals surface area contributed by atoms with Crippen LogP contribution in [0.4, 0.5) is 5.82 Å². The summed E-state index contributed by atoms with van der Waals surface area (Å²) in [7, 11) is 0. The molecule has 4 heterocycles. The zero-order chi connectivity index (χ0) is 38.9. The van der Waals surface area contributed by atoms with Crippen LogP contribution in [0.2, 0.25) is 0 Å². The second-order valence-electron chi connectivity index (χ2n) is 14.4. The standard InChI is InChI=1S/C40H48N8O8/c41-25-27-1-8-34-33(23-27)37(43-26-42-34)44-28-2-4-29(5-3-28)47-13-11-46(12-14-47)15-16-53-17-18-54-19-20-55-21-22-56-30-6-7-31-32(24-30)40(52)48(39(31)51)35-9-10-36(49)45-38(35)50/h1,6-8,23-24,26,28-29,35H,2-5,9-22H2,(H,42,43,44)(H,45,49,50)/t28-,29-,35?. The molecule has 1 saturated carbocycles. The van der Waals surface area contributed by atoms with Crippen LogP contribution in [0.3, 0.4) is 0 Å². The Morgan fingerprint density at radius 1 is 0.786 bits per heavy atom. The fraction of sp³-hybridized carbons (Fsp3) is 0.525. The molecule has 7 rings (SSSR count). The molecule has 1 aromatic heterocycles. The van der Waals surface area contributed by atoms with E-state index in [1.807, 2.05) is 12.1 Å². The van der Waals surface area contributed by atoms with Crippen LogP contribution < -0.4 is 15.4 Å². The Kier molecular flexibility index (Phi) is 13.1. The molecule has 0 radical (unpaired) electrons. The van der Waals surface area contributed by atoms with Gasteiger partial charge in [-0.2, -0.15) is 5.26 Å². The van der Waals surface area contributed by atoms with Gasteiger partial charge in [-0.3, -0.25) is 39.2 Å². The Bertz CT molecular complexity index is 1940. The molecule has 16 nitrogen and oxygen atoms in total. The molecule has 0 spiro atoms. The van der Waals surface area contributed by atoms with E-state index in [1.54, 1.807) is 18.5 Å². The number of fused-ring (bicyclic) bond motifs is 2. The Morgan fingerprint density at radius 3 is 2.23 bits per heavy atom. The maximum absolute atomic E-state index is 13.0. The van der Waals surface area contributed by atoms with Crippen molar-refractivity contribution in [2.24, 2.45) is 0 Å². The summed E-state index contributed by atoms with van der Waals surface area (Å²) in [6.45, 7) is 8.17. The van der Waals surface area contributed by atoms with Gasteiger partial charge in [0.2, 0.25) is 11.8 Å². The van der Waals surface area contributed by atoms with Crippen molar-refractivity contribution in [3.63, 3.8) is 0 Å². The molecule has 0 bridgehead atoms. The summed E-state index contributed by atoms with van der Waals surface area (Å²) in [4.78, 5) is 64.4. The Morgan fingerprint density at radius 2 is 1.50 bits per heavy atom. The zero-order valence-electron chi connectivity index (χ0n) is 31.5. The number of nitrogens with one attached hydrogen (secondary N) is 2. The van der Waals surface area contributed by atoms with Crippen LogP contribution in [0.25, 0.3) is 10.9 Å². The van der Waals surface area contributed by atoms with Crippen LogP contribution in [0, 0.1) is 11.3 Å². The number of nitriles is 1. The minimum absolute atomic E-state index is 0.0676. The number of hydrogen-bond donors (Lipinski definition) is 2. The summed E-state index contributed by atoms with van der Waals surface area (Å²) in [5, 5.41) is 16.0. The minimum Gasteiger partial charge on any atom is -0.491 e. The second-order valence-corrected chi connectivity index (χ2v) is 14.4. The lowest BCUT2D eigenvalue weighted by molar-refractivity contribution is -0.136. The van der Waals surface area contributed by atoms with Crippen LogP contribution in [0.5, 0.6) is 5.75 Å². The Hall–Kier alpha value is -5.05. The number of ether oxygens (including phenoxy) is 4. The van der Waals surface area contributed by atoms with Gasteiger partial charge in [0.25, 0.3) is 11.8 Å². The number of imide groups is 2. The number of aromatic nitrogens is 2. The van der Waals surface area contributed by atoms with Crippen molar-refractivity contribution in [2.45, 2.75) is 56.7 Å². The highest BCUT2D eigenvalue weighted by Gasteiger charge is 2.44. The average molecular weight is 769 g/mol. The molecule has 2 aromatic carbocycles. The van der Waals surface area contributed by atoms with E-state index in [0.29, 0.717) is 63.0 Å². The molecular formula is C40H48N8O8. The summed E-state index contributed by atoms with van der Waals surface area (Å²) < 4.78 is 22.8. The second kappa shape index (κ2) is 18.7. The van der Waals surface area contributed by atoms with E-state index >= 15 is 0 Å². The minimum atomic E-state index is -1.01. The first kappa shape index (κ1) is 39.2. The number of hydrogen-bond acceptors (Lipinski definition) is 14. The molecule has 3 aliphatic heterocycles. The molecule has 1 atom stereocenters. The fourth-order valence-corrected chi connectivity index (χ4v) is 7.87. The Balaban J connectivity index is 0.691. The lowest BCUT2D eigenvalue weighted by Gasteiger charge is -2.42. The summed E-state index contributed by atoms with van der Waals surface area (Å²) in [5.41, 5.74) is 1.83. The van der Waals surface area contributed by atoms with E-state index in [2.05, 4.69) is 36.5 Å². The molecule has 4 aliphatic rings. The van der Waals surface area contributed by atoms with E-state index in [1.165, 1.54) is 12.1 Å². The number of amides is 4. The number of carbonyl (C=O) groups excluding carboxylic acids is 4. The fourth-order valence-electron chi connectivity index (χ4n) is 7.87. The maximum atomic E-state index is 13.0. The highest BCUT2D eigenvalue weighted by Crippen LogP contribution is 2.31. The molecule has 16 heteroatoms. The van der Waals surface area contributed by atoms with Crippen molar-refractivity contribution < 1.29 is 38.1 Å². The number of anilines is 1. The first-order chi connectivity index (χ1) is 27.4. The molecule has 4 amide bonds. The topological polar surface area (TPSA) is 189 Å². The van der Waals surface area contributed by atoms with Gasteiger partial charge in [-0.1, -0.05) is 0 Å². The third-order valence-electron chi connectivity index (χ3n) is 10.9. The van der Waals surface area contributed by atoms with Crippen LogP contribution in [-0.2, 0) is 23.8 Å². The molecule has 1 unspecified atom stereocenters. The SMILES string of the molecule is N#Cc1ccc2ncnc(N[C@H]3CC[C@H](N4CCN(CCOCCOCCOCCOc5ccc6c(c5)C(=O)N(C5CCC(=O)NC5=O)C6=O)CC4)CC3)c2c1. The van der Waals surface area contributed by atoms with Crippen LogP contribution in [-0.4, -0.2) is 145 Å². The van der Waals surface area contributed by atoms with Crippen LogP contribution in [0.1, 0.15) is 64.8 Å². The van der Waals surface area contributed by atoms with Crippen molar-refractivity contribution in [3.8, 4) is 11.8 Å². The van der Waals surface area contributed by atoms with Gasteiger partial charge in [-0.15, -0.1) is 0 Å². The van der Waals surface area contributed by atoms with Gasteiger partial charge < -0.3 is 24.3 Å². The van der Waals surface area contributed by atoms with Crippen LogP contribution >= 0.6 is 0 Å². The predicted molar refractivity (Wildman–Crippen MR) is 203 cm³/mol. The third kappa shape index (κ3) is 9.48. The summed E-state index contributed by atoms with van der Waals surface area (Å²) in [6.07, 6.45) is 6.25. The molecule has 3 aromatic rings. The van der Waals surface area contributed by atoms with Gasteiger partial charge in [0, 0.05) is 56.6 Å². The summed E-state index contributed by atoms with van der Waals surface area (Å²) in [6, 6.07) is 12.3. The number of rotatable bonds is 17. The summed E-state index contributed by atoms with van der Waals surface area (Å²) in [5.74, 6) is -0.969. The lowest BCUT2D eigenvalue weighted by Crippen LogP contribution is -2.54. The van der Waals surface area contributed by atoms with Crippen molar-refractivity contribution in [3.05, 3.63) is 59.4 Å². The van der Waals surface area contributed by atoms with E-state index in [0.717, 1.165) is 80.0 Å². The highest BCUT2D eigenvalue weighted by atomic mass is 16.6. The van der Waals surface area contributed by atoms with Crippen molar-refractivity contribution >= 4 is 40.3 Å². The van der Waals surface area contributed by atoms with Gasteiger partial charge in [0.15, 0.2) is 0 Å². The van der Waals surface area contributed by atoms with E-state index in [9.17, 15) is 24.4 Å². The molecule has 296 valence electrons. The van der Waals surface area contributed by atoms with Crippen molar-refractivity contribution in [1.29, 1.82) is 5.26 Å². The largest absolute Gasteiger partial charge is 0.491 e. The van der Waals surface area contributed by atoms with E-state index in [4.69, 9.17) is 18.9 Å². The Labute approximate surface area is 325 Å². The summed E-state index contributed by atoms with van der Waals surface area (Å²) >= 11 is 0. The third-order valence-corrected chi connectivity index (χ3v) is 10.9. The van der Waals surface area contributed by atoms with E-state index in [-0.39, 0.29) is 30.6 Å². The molecule has 2 N–H and O–H groups in total. The quantitative estimate of drug-likeness (QED) is 0.151. The van der Waals surface area contributed by atoms with Gasteiger partial charge in [-0.25, -0.2) is 9.97 Å². The smallest absolute Gasteiger partial charge is 0.262 e. The van der Waals surface area contributed by atoms with Gasteiger partial charge in [0.05, 0.1) is 67.9 Å². The molecule has 3 fully saturated rings. The van der Waals surface area contributed by atoms with Crippen molar-refractivity contribution in [1.82, 2.24) is 30.0 Å².